The number of hydrogen-bond donors (Lipinski definition) is 0. The minimum absolute atomic E-state index is 0.150. The summed E-state index contributed by atoms with van der Waals surface area (Å²) < 4.78 is 18.5. The van der Waals surface area contributed by atoms with Crippen LogP contribution in [0.1, 0.15) is 38.2 Å². The maximum Gasteiger partial charge on any atom is 0.223 e. The Morgan fingerprint density at radius 2 is 2.25 bits per heavy atom. The Balaban J connectivity index is 1.88. The second kappa shape index (κ2) is 7.39. The molecule has 1 aliphatic carbocycles. The number of nitrogens with zero attached hydrogens (tertiary/aromatic N) is 1. The van der Waals surface area contributed by atoms with Crippen LogP contribution in [0.4, 0.5) is 4.39 Å². The lowest BCUT2D eigenvalue weighted by molar-refractivity contribution is -0.132. The van der Waals surface area contributed by atoms with Gasteiger partial charge in [-0.1, -0.05) is 12.1 Å². The Labute approximate surface area is 119 Å². The molecule has 1 amide bonds. The van der Waals surface area contributed by atoms with Gasteiger partial charge in [-0.3, -0.25) is 4.79 Å². The van der Waals surface area contributed by atoms with E-state index < -0.39 is 0 Å². The molecule has 0 bridgehead atoms. The van der Waals surface area contributed by atoms with Crippen molar-refractivity contribution in [2.24, 2.45) is 0 Å². The van der Waals surface area contributed by atoms with Gasteiger partial charge in [-0.05, 0) is 43.9 Å². The van der Waals surface area contributed by atoms with E-state index >= 15 is 0 Å². The molecule has 0 N–H and O–H groups in total. The molecule has 0 aliphatic heterocycles. The van der Waals surface area contributed by atoms with E-state index in [0.29, 0.717) is 32.2 Å². The molecule has 0 atom stereocenters. The second-order valence-corrected chi connectivity index (χ2v) is 5.18. The molecule has 3 nitrogen and oxygen atoms in total. The van der Waals surface area contributed by atoms with E-state index in [1.807, 2.05) is 17.9 Å². The maximum atomic E-state index is 13.2. The van der Waals surface area contributed by atoms with E-state index in [1.54, 1.807) is 6.07 Å². The van der Waals surface area contributed by atoms with Gasteiger partial charge in [-0.25, -0.2) is 4.39 Å². The molecule has 0 heterocycles. The van der Waals surface area contributed by atoms with Crippen molar-refractivity contribution in [2.75, 3.05) is 13.2 Å². The predicted molar refractivity (Wildman–Crippen MR) is 75.7 cm³/mol. The molecule has 1 saturated carbocycles. The number of rotatable bonds is 8. The molecule has 0 spiro atoms. The van der Waals surface area contributed by atoms with E-state index in [1.165, 1.54) is 12.1 Å². The van der Waals surface area contributed by atoms with Crippen molar-refractivity contribution in [3.8, 4) is 0 Å². The number of benzene rings is 1. The van der Waals surface area contributed by atoms with Crippen LogP contribution in [0.15, 0.2) is 24.3 Å². The van der Waals surface area contributed by atoms with Crippen LogP contribution in [0.5, 0.6) is 0 Å². The molecular formula is C16H22FNO2. The Kier molecular flexibility index (Phi) is 5.53. The first-order valence-electron chi connectivity index (χ1n) is 7.32. The van der Waals surface area contributed by atoms with Gasteiger partial charge >= 0.3 is 0 Å². The average molecular weight is 279 g/mol. The summed E-state index contributed by atoms with van der Waals surface area (Å²) in [7, 11) is 0. The summed E-state index contributed by atoms with van der Waals surface area (Å²) in [5, 5.41) is 0. The highest BCUT2D eigenvalue weighted by atomic mass is 19.1. The summed E-state index contributed by atoms with van der Waals surface area (Å²) in [6, 6.07) is 6.83. The molecule has 4 heteroatoms. The van der Waals surface area contributed by atoms with Crippen molar-refractivity contribution in [2.45, 2.75) is 45.2 Å². The molecule has 0 aromatic heterocycles. The molecule has 0 unspecified atom stereocenters. The third-order valence-electron chi connectivity index (χ3n) is 3.43. The van der Waals surface area contributed by atoms with Crippen molar-refractivity contribution in [1.82, 2.24) is 4.90 Å². The molecule has 0 radical (unpaired) electrons. The zero-order valence-electron chi connectivity index (χ0n) is 12.0. The number of hydrogen-bond acceptors (Lipinski definition) is 2. The van der Waals surface area contributed by atoms with Crippen LogP contribution in [0.3, 0.4) is 0 Å². The quantitative estimate of drug-likeness (QED) is 0.684. The Morgan fingerprint density at radius 1 is 1.45 bits per heavy atom. The van der Waals surface area contributed by atoms with Gasteiger partial charge in [-0.15, -0.1) is 0 Å². The number of halogens is 1. The summed E-state index contributed by atoms with van der Waals surface area (Å²) in [5.74, 6) is -0.0986. The molecule has 1 aromatic rings. The number of carbonyl (C=O) groups excluding carboxylic acids is 1. The third-order valence-corrected chi connectivity index (χ3v) is 3.43. The van der Waals surface area contributed by atoms with E-state index in [2.05, 4.69) is 0 Å². The zero-order chi connectivity index (χ0) is 14.4. The summed E-state index contributed by atoms with van der Waals surface area (Å²) >= 11 is 0. The molecule has 1 aromatic carbocycles. The largest absolute Gasteiger partial charge is 0.382 e. The van der Waals surface area contributed by atoms with Crippen LogP contribution in [0, 0.1) is 5.82 Å². The Hall–Kier alpha value is -1.42. The fraction of sp³-hybridized carbons (Fsp3) is 0.562. The van der Waals surface area contributed by atoms with E-state index in [-0.39, 0.29) is 11.7 Å². The van der Waals surface area contributed by atoms with E-state index in [0.717, 1.165) is 24.8 Å². The summed E-state index contributed by atoms with van der Waals surface area (Å²) in [4.78, 5) is 14.1. The summed E-state index contributed by atoms with van der Waals surface area (Å²) in [6.07, 6.45) is 3.38. The highest BCUT2D eigenvalue weighted by Crippen LogP contribution is 2.29. The monoisotopic (exact) mass is 279 g/mol. The topological polar surface area (TPSA) is 29.5 Å². The van der Waals surface area contributed by atoms with Gasteiger partial charge in [0.25, 0.3) is 0 Å². The molecular weight excluding hydrogens is 257 g/mol. The number of carbonyl (C=O) groups is 1. The van der Waals surface area contributed by atoms with Crippen molar-refractivity contribution in [1.29, 1.82) is 0 Å². The Morgan fingerprint density at radius 3 is 2.90 bits per heavy atom. The van der Waals surface area contributed by atoms with Gasteiger partial charge in [0, 0.05) is 32.2 Å². The van der Waals surface area contributed by atoms with Crippen LogP contribution in [0.25, 0.3) is 0 Å². The van der Waals surface area contributed by atoms with Crippen LogP contribution < -0.4 is 0 Å². The van der Waals surface area contributed by atoms with E-state index in [9.17, 15) is 9.18 Å². The van der Waals surface area contributed by atoms with Crippen molar-refractivity contribution in [3.63, 3.8) is 0 Å². The first-order valence-corrected chi connectivity index (χ1v) is 7.32. The lowest BCUT2D eigenvalue weighted by atomic mass is 10.2. The normalized spacial score (nSPS) is 14.3. The van der Waals surface area contributed by atoms with Crippen LogP contribution in [0.2, 0.25) is 0 Å². The molecule has 1 aliphatic rings. The van der Waals surface area contributed by atoms with Crippen LogP contribution in [-0.4, -0.2) is 30.1 Å². The van der Waals surface area contributed by atoms with Gasteiger partial charge in [-0.2, -0.15) is 0 Å². The Bertz CT molecular complexity index is 446. The smallest absolute Gasteiger partial charge is 0.223 e. The number of ether oxygens (including phenoxy) is 1. The average Bonchev–Trinajstić information content (AvgIpc) is 3.25. The lowest BCUT2D eigenvalue weighted by Gasteiger charge is -2.22. The van der Waals surface area contributed by atoms with Gasteiger partial charge in [0.2, 0.25) is 5.91 Å². The molecule has 2 rings (SSSR count). The molecule has 1 fully saturated rings. The van der Waals surface area contributed by atoms with Gasteiger partial charge in [0.1, 0.15) is 5.82 Å². The van der Waals surface area contributed by atoms with Crippen molar-refractivity contribution in [3.05, 3.63) is 35.6 Å². The number of amides is 1. The highest BCUT2D eigenvalue weighted by molar-refractivity contribution is 5.76. The van der Waals surface area contributed by atoms with Crippen molar-refractivity contribution < 1.29 is 13.9 Å². The summed E-state index contributed by atoms with van der Waals surface area (Å²) in [5.41, 5.74) is 0.857. The van der Waals surface area contributed by atoms with Gasteiger partial charge in [0.15, 0.2) is 0 Å². The zero-order valence-corrected chi connectivity index (χ0v) is 12.0. The lowest BCUT2D eigenvalue weighted by Crippen LogP contribution is -2.32. The molecule has 110 valence electrons. The van der Waals surface area contributed by atoms with Crippen molar-refractivity contribution >= 4 is 5.91 Å². The molecule has 0 saturated heterocycles. The van der Waals surface area contributed by atoms with Gasteiger partial charge in [0.05, 0.1) is 0 Å². The standard InChI is InChI=1S/C16H22FNO2/c1-2-20-10-4-7-16(19)18(15-8-9-15)12-13-5-3-6-14(17)11-13/h3,5-6,11,15H,2,4,7-10,12H2,1H3. The first kappa shape index (κ1) is 15.0. The first-order chi connectivity index (χ1) is 9.70. The fourth-order valence-electron chi connectivity index (χ4n) is 2.25. The SMILES string of the molecule is CCOCCCC(=O)N(Cc1cccc(F)c1)C1CC1. The molecule has 20 heavy (non-hydrogen) atoms. The van der Waals surface area contributed by atoms with Gasteiger partial charge < -0.3 is 9.64 Å². The highest BCUT2D eigenvalue weighted by Gasteiger charge is 2.32. The van der Waals surface area contributed by atoms with Crippen LogP contribution >= 0.6 is 0 Å². The third kappa shape index (κ3) is 4.60. The second-order valence-electron chi connectivity index (χ2n) is 5.18. The minimum atomic E-state index is -0.248. The maximum absolute atomic E-state index is 13.2. The van der Waals surface area contributed by atoms with E-state index in [4.69, 9.17) is 4.74 Å². The van der Waals surface area contributed by atoms with Crippen LogP contribution in [-0.2, 0) is 16.1 Å². The fourth-order valence-corrected chi connectivity index (χ4v) is 2.25. The summed E-state index contributed by atoms with van der Waals surface area (Å²) in [6.45, 7) is 3.77. The predicted octanol–water partition coefficient (Wildman–Crippen LogP) is 3.13. The minimum Gasteiger partial charge on any atom is -0.382 e.